The van der Waals surface area contributed by atoms with Gasteiger partial charge in [0.15, 0.2) is 5.15 Å². The normalized spacial score (nSPS) is 11.5. The topological polar surface area (TPSA) is 46.9 Å². The third-order valence-electron chi connectivity index (χ3n) is 2.76. The molecule has 2 rings (SSSR count). The Morgan fingerprint density at radius 3 is 2.76 bits per heavy atom. The fourth-order valence-corrected chi connectivity index (χ4v) is 2.06. The van der Waals surface area contributed by atoms with E-state index in [-0.39, 0.29) is 16.5 Å². The number of anilines is 1. The van der Waals surface area contributed by atoms with Gasteiger partial charge in [-0.3, -0.25) is 4.79 Å². The Labute approximate surface area is 123 Å². The van der Waals surface area contributed by atoms with Crippen LogP contribution in [-0.2, 0) is 6.54 Å². The highest BCUT2D eigenvalue weighted by atomic mass is 35.5. The molecule has 0 saturated carbocycles. The number of halogens is 4. The molecule has 112 valence electrons. The molecule has 8 heteroatoms. The molecule has 1 N–H and O–H groups in total. The van der Waals surface area contributed by atoms with Crippen molar-refractivity contribution in [2.75, 3.05) is 5.32 Å². The Hall–Kier alpha value is -2.02. The minimum Gasteiger partial charge on any atom is -0.334 e. The minimum absolute atomic E-state index is 0.0808. The van der Waals surface area contributed by atoms with Crippen LogP contribution in [0.15, 0.2) is 30.6 Å². The van der Waals surface area contributed by atoms with Crippen LogP contribution in [0.2, 0.25) is 5.15 Å². The van der Waals surface area contributed by atoms with Crippen molar-refractivity contribution in [2.45, 2.75) is 19.6 Å². The zero-order valence-corrected chi connectivity index (χ0v) is 11.7. The zero-order valence-electron chi connectivity index (χ0n) is 10.9. The average molecular weight is 318 g/mol. The van der Waals surface area contributed by atoms with Crippen LogP contribution < -0.4 is 5.32 Å². The number of amides is 1. The average Bonchev–Trinajstić information content (AvgIpc) is 2.79. The van der Waals surface area contributed by atoms with Crippen LogP contribution in [0.4, 0.5) is 18.9 Å². The molecule has 2 heterocycles. The zero-order chi connectivity index (χ0) is 15.6. The van der Waals surface area contributed by atoms with Crippen molar-refractivity contribution >= 4 is 23.2 Å². The lowest BCUT2D eigenvalue weighted by atomic mass is 10.2. The van der Waals surface area contributed by atoms with Crippen molar-refractivity contribution in [3.05, 3.63) is 47.0 Å². The van der Waals surface area contributed by atoms with Gasteiger partial charge in [-0.15, -0.1) is 0 Å². The molecule has 21 heavy (non-hydrogen) atoms. The number of aromatic nitrogens is 2. The first kappa shape index (κ1) is 15.4. The first-order valence-corrected chi connectivity index (χ1v) is 6.30. The number of hydrogen-bond donors (Lipinski definition) is 1. The van der Waals surface area contributed by atoms with E-state index in [9.17, 15) is 18.0 Å². The number of carbonyl (C=O) groups excluding carboxylic acids is 1. The highest BCUT2D eigenvalue weighted by Gasteiger charge is 2.29. The Bertz CT molecular complexity index is 647. The summed E-state index contributed by atoms with van der Waals surface area (Å²) in [7, 11) is 0. The molecule has 0 fully saturated rings. The third kappa shape index (κ3) is 3.75. The van der Waals surface area contributed by atoms with E-state index >= 15 is 0 Å². The van der Waals surface area contributed by atoms with Gasteiger partial charge in [0.1, 0.15) is 12.2 Å². The largest absolute Gasteiger partial charge is 0.406 e. The van der Waals surface area contributed by atoms with Crippen LogP contribution in [0, 0.1) is 6.92 Å². The molecule has 0 aliphatic carbocycles. The molecule has 0 atom stereocenters. The van der Waals surface area contributed by atoms with Crippen LogP contribution in [0.1, 0.15) is 16.1 Å². The van der Waals surface area contributed by atoms with E-state index in [0.29, 0.717) is 5.56 Å². The second-order valence-electron chi connectivity index (χ2n) is 4.38. The summed E-state index contributed by atoms with van der Waals surface area (Å²) in [6, 6.07) is 4.31. The van der Waals surface area contributed by atoms with E-state index in [2.05, 4.69) is 10.3 Å². The summed E-state index contributed by atoms with van der Waals surface area (Å²) in [5, 5.41) is 2.57. The molecule has 2 aromatic heterocycles. The van der Waals surface area contributed by atoms with Gasteiger partial charge < -0.3 is 9.88 Å². The van der Waals surface area contributed by atoms with Crippen molar-refractivity contribution < 1.29 is 18.0 Å². The predicted octanol–water partition coefficient (Wildman–Crippen LogP) is 3.66. The smallest absolute Gasteiger partial charge is 0.334 e. The standard InChI is InChI=1S/C13H11ClF3N3O/c1-8-4-5-18-11(14)10(8)19-12(21)9-3-2-6-20(9)7-13(15,16)17/h2-6H,7H2,1H3,(H,19,21). The van der Waals surface area contributed by atoms with Gasteiger partial charge in [-0.25, -0.2) is 4.98 Å². The minimum atomic E-state index is -4.41. The summed E-state index contributed by atoms with van der Waals surface area (Å²) >= 11 is 5.87. The second-order valence-corrected chi connectivity index (χ2v) is 4.74. The summed E-state index contributed by atoms with van der Waals surface area (Å²) in [4.78, 5) is 15.9. The fraction of sp³-hybridized carbons (Fsp3) is 0.231. The van der Waals surface area contributed by atoms with Crippen molar-refractivity contribution in [3.63, 3.8) is 0 Å². The molecule has 0 bridgehead atoms. The maximum Gasteiger partial charge on any atom is 0.406 e. The van der Waals surface area contributed by atoms with Crippen LogP contribution in [0.25, 0.3) is 0 Å². The fourth-order valence-electron chi connectivity index (χ4n) is 1.80. The Kier molecular flexibility index (Phi) is 4.22. The van der Waals surface area contributed by atoms with Gasteiger partial charge in [-0.05, 0) is 30.7 Å². The summed E-state index contributed by atoms with van der Waals surface area (Å²) < 4.78 is 38.1. The van der Waals surface area contributed by atoms with Gasteiger partial charge in [0.05, 0.1) is 5.69 Å². The Balaban J connectivity index is 2.24. The Morgan fingerprint density at radius 1 is 1.43 bits per heavy atom. The number of carbonyl (C=O) groups is 1. The van der Waals surface area contributed by atoms with Crippen molar-refractivity contribution in [1.82, 2.24) is 9.55 Å². The molecule has 0 spiro atoms. The van der Waals surface area contributed by atoms with Gasteiger partial charge in [-0.2, -0.15) is 13.2 Å². The molecule has 1 amide bonds. The van der Waals surface area contributed by atoms with Crippen molar-refractivity contribution in [1.29, 1.82) is 0 Å². The van der Waals surface area contributed by atoms with Crippen LogP contribution in [-0.4, -0.2) is 21.6 Å². The molecule has 4 nitrogen and oxygen atoms in total. The molecule has 0 unspecified atom stereocenters. The van der Waals surface area contributed by atoms with Gasteiger partial charge in [0, 0.05) is 12.4 Å². The summed E-state index contributed by atoms with van der Waals surface area (Å²) in [5.41, 5.74) is 0.841. The molecule has 0 aliphatic rings. The van der Waals surface area contributed by atoms with Crippen molar-refractivity contribution in [2.24, 2.45) is 0 Å². The number of aryl methyl sites for hydroxylation is 1. The number of hydrogen-bond acceptors (Lipinski definition) is 2. The maximum absolute atomic E-state index is 12.4. The van der Waals surface area contributed by atoms with Crippen LogP contribution in [0.3, 0.4) is 0 Å². The number of pyridine rings is 1. The van der Waals surface area contributed by atoms with Gasteiger partial charge in [0.25, 0.3) is 5.91 Å². The number of nitrogens with one attached hydrogen (secondary N) is 1. The van der Waals surface area contributed by atoms with Gasteiger partial charge in [0.2, 0.25) is 0 Å². The molecule has 0 radical (unpaired) electrons. The lowest BCUT2D eigenvalue weighted by Gasteiger charge is -2.13. The SMILES string of the molecule is Cc1ccnc(Cl)c1NC(=O)c1cccn1CC(F)(F)F. The highest BCUT2D eigenvalue weighted by Crippen LogP contribution is 2.24. The number of rotatable bonds is 3. The second kappa shape index (κ2) is 5.77. The highest BCUT2D eigenvalue weighted by molar-refractivity contribution is 6.32. The predicted molar refractivity (Wildman–Crippen MR) is 72.4 cm³/mol. The van der Waals surface area contributed by atoms with E-state index < -0.39 is 18.6 Å². The van der Waals surface area contributed by atoms with Crippen LogP contribution >= 0.6 is 11.6 Å². The molecule has 0 aromatic carbocycles. The molecular weight excluding hydrogens is 307 g/mol. The third-order valence-corrected chi connectivity index (χ3v) is 3.05. The molecular formula is C13H11ClF3N3O. The first-order chi connectivity index (χ1) is 9.78. The lowest BCUT2D eigenvalue weighted by Crippen LogP contribution is -2.23. The van der Waals surface area contributed by atoms with Crippen LogP contribution in [0.5, 0.6) is 0 Å². The number of alkyl halides is 3. The lowest BCUT2D eigenvalue weighted by molar-refractivity contribution is -0.140. The summed E-state index contributed by atoms with van der Waals surface area (Å²) in [5.74, 6) is -0.678. The van der Waals surface area contributed by atoms with E-state index in [4.69, 9.17) is 11.6 Å². The van der Waals surface area contributed by atoms with Gasteiger partial charge >= 0.3 is 6.18 Å². The van der Waals surface area contributed by atoms with Gasteiger partial charge in [-0.1, -0.05) is 11.6 Å². The van der Waals surface area contributed by atoms with E-state index in [1.807, 2.05) is 0 Å². The van der Waals surface area contributed by atoms with Crippen molar-refractivity contribution in [3.8, 4) is 0 Å². The van der Waals surface area contributed by atoms with E-state index in [1.54, 1.807) is 13.0 Å². The number of nitrogens with zero attached hydrogens (tertiary/aromatic N) is 2. The molecule has 0 aliphatic heterocycles. The molecule has 0 saturated heterocycles. The first-order valence-electron chi connectivity index (χ1n) is 5.92. The maximum atomic E-state index is 12.4. The van der Waals surface area contributed by atoms with E-state index in [0.717, 1.165) is 4.57 Å². The Morgan fingerprint density at radius 2 is 2.14 bits per heavy atom. The monoisotopic (exact) mass is 317 g/mol. The van der Waals surface area contributed by atoms with E-state index in [1.165, 1.54) is 24.5 Å². The molecule has 2 aromatic rings. The summed E-state index contributed by atoms with van der Waals surface area (Å²) in [6.45, 7) is 0.473. The summed E-state index contributed by atoms with van der Waals surface area (Å²) in [6.07, 6.45) is -1.74. The quantitative estimate of drug-likeness (QED) is 0.878.